The Kier molecular flexibility index (Phi) is 5.29. The van der Waals surface area contributed by atoms with E-state index in [1.165, 1.54) is 10.9 Å². The minimum Gasteiger partial charge on any atom is -0.396 e. The fourth-order valence-electron chi connectivity index (χ4n) is 2.74. The Morgan fingerprint density at radius 1 is 1.31 bits per heavy atom. The number of aromatic nitrogens is 3. The zero-order valence-corrected chi connectivity index (χ0v) is 14.9. The summed E-state index contributed by atoms with van der Waals surface area (Å²) in [5.74, 6) is 0.482. The molecule has 1 aromatic carbocycles. The second-order valence-electron chi connectivity index (χ2n) is 6.33. The van der Waals surface area contributed by atoms with E-state index in [0.717, 1.165) is 16.8 Å². The standard InChI is InChI=1S/C19H23N5O2/c1-12(20)13-4-6-14(7-5-13)15-10-16-17(19(26)24(2)11-22-16)18(23-15)21-8-3-9-25/h4-7,10-12,25H,3,8-9,20H2,1-2H3,(H,21,23). The third-order valence-corrected chi connectivity index (χ3v) is 4.26. The van der Waals surface area contributed by atoms with Gasteiger partial charge < -0.3 is 20.7 Å². The summed E-state index contributed by atoms with van der Waals surface area (Å²) in [6.45, 7) is 2.52. The second-order valence-corrected chi connectivity index (χ2v) is 6.33. The summed E-state index contributed by atoms with van der Waals surface area (Å²) < 4.78 is 1.43. The Balaban J connectivity index is 2.11. The van der Waals surface area contributed by atoms with Gasteiger partial charge in [-0.05, 0) is 25.0 Å². The lowest BCUT2D eigenvalue weighted by atomic mass is 10.0. The predicted octanol–water partition coefficient (Wildman–Crippen LogP) is 1.81. The number of anilines is 1. The molecular weight excluding hydrogens is 330 g/mol. The molecule has 2 aromatic heterocycles. The van der Waals surface area contributed by atoms with Gasteiger partial charge in [-0.1, -0.05) is 24.3 Å². The van der Waals surface area contributed by atoms with Crippen molar-refractivity contribution in [2.45, 2.75) is 19.4 Å². The van der Waals surface area contributed by atoms with Crippen molar-refractivity contribution in [1.29, 1.82) is 0 Å². The molecule has 0 bridgehead atoms. The number of benzene rings is 1. The molecule has 3 rings (SSSR count). The first-order chi connectivity index (χ1) is 12.5. The van der Waals surface area contributed by atoms with Crippen molar-refractivity contribution in [3.05, 3.63) is 52.6 Å². The van der Waals surface area contributed by atoms with Crippen molar-refractivity contribution in [3.8, 4) is 11.3 Å². The number of nitrogens with two attached hydrogens (primary N) is 1. The second kappa shape index (κ2) is 7.63. The Morgan fingerprint density at radius 2 is 2.04 bits per heavy atom. The van der Waals surface area contributed by atoms with Gasteiger partial charge in [0.2, 0.25) is 0 Å². The first-order valence-corrected chi connectivity index (χ1v) is 8.58. The molecule has 1 unspecified atom stereocenters. The lowest BCUT2D eigenvalue weighted by molar-refractivity contribution is 0.292. The molecule has 1 atom stereocenters. The van der Waals surface area contributed by atoms with Crippen LogP contribution in [0.2, 0.25) is 0 Å². The summed E-state index contributed by atoms with van der Waals surface area (Å²) in [6, 6.07) is 9.66. The van der Waals surface area contributed by atoms with Crippen LogP contribution >= 0.6 is 0 Å². The smallest absolute Gasteiger partial charge is 0.264 e. The monoisotopic (exact) mass is 353 g/mol. The molecular formula is C19H23N5O2. The van der Waals surface area contributed by atoms with Crippen molar-refractivity contribution >= 4 is 16.7 Å². The van der Waals surface area contributed by atoms with E-state index in [-0.39, 0.29) is 18.2 Å². The molecule has 0 saturated carbocycles. The average Bonchev–Trinajstić information content (AvgIpc) is 2.64. The molecule has 0 saturated heterocycles. The SMILES string of the molecule is CC(N)c1ccc(-c2cc3ncn(C)c(=O)c3c(NCCCO)n2)cc1. The lowest BCUT2D eigenvalue weighted by Gasteiger charge is -2.12. The highest BCUT2D eigenvalue weighted by Crippen LogP contribution is 2.25. The van der Waals surface area contributed by atoms with E-state index in [0.29, 0.717) is 29.7 Å². The van der Waals surface area contributed by atoms with Crippen LogP contribution in [0.1, 0.15) is 24.9 Å². The maximum Gasteiger partial charge on any atom is 0.264 e. The minimum atomic E-state index is -0.159. The number of nitrogens with one attached hydrogen (secondary N) is 1. The van der Waals surface area contributed by atoms with Gasteiger partial charge in [0.05, 0.1) is 17.5 Å². The highest BCUT2D eigenvalue weighted by atomic mass is 16.3. The van der Waals surface area contributed by atoms with Crippen LogP contribution in [-0.2, 0) is 7.05 Å². The van der Waals surface area contributed by atoms with Crippen LogP contribution in [0.4, 0.5) is 5.82 Å². The molecule has 0 aliphatic rings. The van der Waals surface area contributed by atoms with Gasteiger partial charge in [0, 0.05) is 31.8 Å². The van der Waals surface area contributed by atoms with Gasteiger partial charge in [0.25, 0.3) is 5.56 Å². The number of hydrogen-bond acceptors (Lipinski definition) is 6. The quantitative estimate of drug-likeness (QED) is 0.584. The van der Waals surface area contributed by atoms with Gasteiger partial charge in [-0.2, -0.15) is 0 Å². The molecule has 0 radical (unpaired) electrons. The minimum absolute atomic E-state index is 0.0333. The Labute approximate surface area is 151 Å². The first kappa shape index (κ1) is 18.0. The zero-order valence-electron chi connectivity index (χ0n) is 14.9. The van der Waals surface area contributed by atoms with Crippen molar-refractivity contribution < 1.29 is 5.11 Å². The summed E-state index contributed by atoms with van der Waals surface area (Å²) in [5, 5.41) is 12.6. The molecule has 2 heterocycles. The predicted molar refractivity (Wildman–Crippen MR) is 103 cm³/mol. The zero-order chi connectivity index (χ0) is 18.7. The van der Waals surface area contributed by atoms with Gasteiger partial charge in [-0.15, -0.1) is 0 Å². The average molecular weight is 353 g/mol. The number of aryl methyl sites for hydroxylation is 1. The van der Waals surface area contributed by atoms with Crippen LogP contribution in [0.3, 0.4) is 0 Å². The van der Waals surface area contributed by atoms with E-state index in [1.807, 2.05) is 37.3 Å². The van der Waals surface area contributed by atoms with Crippen molar-refractivity contribution in [1.82, 2.24) is 14.5 Å². The number of nitrogens with zero attached hydrogens (tertiary/aromatic N) is 3. The Hall–Kier alpha value is -2.77. The largest absolute Gasteiger partial charge is 0.396 e. The molecule has 3 aromatic rings. The van der Waals surface area contributed by atoms with Crippen molar-refractivity contribution in [2.24, 2.45) is 12.8 Å². The van der Waals surface area contributed by atoms with Gasteiger partial charge in [-0.3, -0.25) is 4.79 Å². The Bertz CT molecular complexity index is 964. The number of rotatable bonds is 6. The molecule has 0 fully saturated rings. The third-order valence-electron chi connectivity index (χ3n) is 4.26. The molecule has 0 spiro atoms. The summed E-state index contributed by atoms with van der Waals surface area (Å²) in [5.41, 5.74) is 9.02. The van der Waals surface area contributed by atoms with E-state index in [4.69, 9.17) is 10.8 Å². The molecule has 7 heteroatoms. The topological polar surface area (TPSA) is 106 Å². The van der Waals surface area contributed by atoms with Crippen LogP contribution < -0.4 is 16.6 Å². The van der Waals surface area contributed by atoms with E-state index in [2.05, 4.69) is 15.3 Å². The van der Waals surface area contributed by atoms with Gasteiger partial charge in [0.1, 0.15) is 11.2 Å². The maximum atomic E-state index is 12.5. The van der Waals surface area contributed by atoms with Gasteiger partial charge >= 0.3 is 0 Å². The Morgan fingerprint density at radius 3 is 2.69 bits per heavy atom. The van der Waals surface area contributed by atoms with Crippen LogP contribution in [0.15, 0.2) is 41.5 Å². The van der Waals surface area contributed by atoms with Crippen molar-refractivity contribution in [2.75, 3.05) is 18.5 Å². The normalized spacial score (nSPS) is 12.3. The summed E-state index contributed by atoms with van der Waals surface area (Å²) >= 11 is 0. The molecule has 26 heavy (non-hydrogen) atoms. The van der Waals surface area contributed by atoms with E-state index in [9.17, 15) is 4.79 Å². The van der Waals surface area contributed by atoms with Gasteiger partial charge in [-0.25, -0.2) is 9.97 Å². The van der Waals surface area contributed by atoms with E-state index >= 15 is 0 Å². The van der Waals surface area contributed by atoms with Crippen LogP contribution in [-0.4, -0.2) is 32.8 Å². The van der Waals surface area contributed by atoms with Gasteiger partial charge in [0.15, 0.2) is 0 Å². The molecule has 136 valence electrons. The molecule has 0 aliphatic carbocycles. The number of pyridine rings is 1. The first-order valence-electron chi connectivity index (χ1n) is 8.58. The number of hydrogen-bond donors (Lipinski definition) is 3. The number of fused-ring (bicyclic) bond motifs is 1. The molecule has 0 aliphatic heterocycles. The fraction of sp³-hybridized carbons (Fsp3) is 0.316. The maximum absolute atomic E-state index is 12.5. The van der Waals surface area contributed by atoms with Crippen molar-refractivity contribution in [3.63, 3.8) is 0 Å². The molecule has 4 N–H and O–H groups in total. The van der Waals surface area contributed by atoms with Crippen LogP contribution in [0, 0.1) is 0 Å². The highest BCUT2D eigenvalue weighted by Gasteiger charge is 2.13. The number of aliphatic hydroxyl groups excluding tert-OH is 1. The number of aliphatic hydroxyl groups is 1. The van der Waals surface area contributed by atoms with Crippen LogP contribution in [0.5, 0.6) is 0 Å². The third kappa shape index (κ3) is 3.58. The van der Waals surface area contributed by atoms with E-state index in [1.54, 1.807) is 7.05 Å². The highest BCUT2D eigenvalue weighted by molar-refractivity contribution is 5.91. The molecule has 7 nitrogen and oxygen atoms in total. The van der Waals surface area contributed by atoms with Crippen LogP contribution in [0.25, 0.3) is 22.2 Å². The summed E-state index contributed by atoms with van der Waals surface area (Å²) in [6.07, 6.45) is 2.07. The molecule has 0 amide bonds. The van der Waals surface area contributed by atoms with E-state index < -0.39 is 0 Å². The lowest BCUT2D eigenvalue weighted by Crippen LogP contribution is -2.19. The fourth-order valence-corrected chi connectivity index (χ4v) is 2.74. The summed E-state index contributed by atoms with van der Waals surface area (Å²) in [7, 11) is 1.66. The summed E-state index contributed by atoms with van der Waals surface area (Å²) in [4.78, 5) is 21.5.